The first-order valence-electron chi connectivity index (χ1n) is 33.6. The van der Waals surface area contributed by atoms with Gasteiger partial charge >= 0.3 is 5.69 Å². The minimum Gasteiger partial charge on any atom is -0.361 e. The second kappa shape index (κ2) is 32.3. The fourth-order valence-electron chi connectivity index (χ4n) is 12.9. The van der Waals surface area contributed by atoms with Crippen molar-refractivity contribution in [2.75, 3.05) is 9.80 Å². The van der Waals surface area contributed by atoms with Crippen LogP contribution < -0.4 is 15.5 Å². The molecule has 0 N–H and O–H groups in total. The van der Waals surface area contributed by atoms with Gasteiger partial charge in [-0.3, -0.25) is 48.6 Å². The Hall–Kier alpha value is -10.8. The Morgan fingerprint density at radius 1 is 0.459 bits per heavy atom. The Kier molecular flexibility index (Phi) is 24.0. The fourth-order valence-corrected chi connectivity index (χ4v) is 12.9. The molecule has 19 heteroatoms. The molecule has 0 spiro atoms. The van der Waals surface area contributed by atoms with Crippen molar-refractivity contribution >= 4 is 66.9 Å². The number of hydrogen-bond acceptors (Lipinski definition) is 15. The van der Waals surface area contributed by atoms with E-state index < -0.39 is 0 Å². The highest BCUT2D eigenvalue weighted by Gasteiger charge is 2.37. The van der Waals surface area contributed by atoms with Crippen molar-refractivity contribution in [3.8, 4) is 33.4 Å². The van der Waals surface area contributed by atoms with E-state index >= 15 is 0 Å². The van der Waals surface area contributed by atoms with Crippen molar-refractivity contribution in [3.05, 3.63) is 219 Å². The van der Waals surface area contributed by atoms with E-state index in [0.717, 1.165) is 157 Å². The van der Waals surface area contributed by atoms with Crippen molar-refractivity contribution in [1.82, 2.24) is 54.5 Å². The van der Waals surface area contributed by atoms with Crippen LogP contribution in [0.3, 0.4) is 0 Å². The standard InChI is InChI=1S/C24H22N4O2.C23H21N5O2.C23H20N4O2.4C2H6.CH4/c1-4-21(19-7-5-6-10-25-19)28-22(29)12-17-13-26-20-11-16(8-9-18(20)24(17)28)23-14(2)27-30-15(23)3;1-13-21(15(3)30-26-13)16-8-9-17-19(11-16)25-12-20-22(17)28(23(29)27(20)4)14(2)18-7-5-6-10-24-18;1-13-22(15(3)29-26-13)16-7-8-18-20(10-16)25-12-17-11-21(28)27(23(17)18)14(2)19-6-4-5-9-24-19;4*1-2;/h5-11,13,21H,4,12H2,1-3H3;5-12,14H,1-4H3;4-10,12,14H,11H2,1-3H3;4*1-2H3;1H4/t21-;2*14-;;;;;/m111...../s1. The molecule has 508 valence electrons. The third-order valence-corrected chi connectivity index (χ3v) is 17.2. The molecule has 19 nitrogen and oxygen atoms in total. The summed E-state index contributed by atoms with van der Waals surface area (Å²) < 4.78 is 19.4. The second-order valence-corrected chi connectivity index (χ2v) is 22.7. The zero-order chi connectivity index (χ0) is 69.9. The molecular formula is C79H91N13O6. The monoisotopic (exact) mass is 1320 g/mol. The number of aryl methyl sites for hydroxylation is 7. The minimum absolute atomic E-state index is 0. The summed E-state index contributed by atoms with van der Waals surface area (Å²) in [5.74, 6) is 2.50. The lowest BCUT2D eigenvalue weighted by Crippen LogP contribution is -2.32. The van der Waals surface area contributed by atoms with Gasteiger partial charge in [-0.05, 0) is 133 Å². The number of hydrogen-bond donors (Lipinski definition) is 0. The summed E-state index contributed by atoms with van der Waals surface area (Å²) in [5.41, 5.74) is 19.0. The van der Waals surface area contributed by atoms with E-state index in [4.69, 9.17) is 13.6 Å². The van der Waals surface area contributed by atoms with Gasteiger partial charge in [0.05, 0.1) is 110 Å². The van der Waals surface area contributed by atoms with Gasteiger partial charge in [0.2, 0.25) is 11.8 Å². The molecule has 13 aromatic rings. The van der Waals surface area contributed by atoms with Crippen LogP contribution in [-0.2, 0) is 29.5 Å². The van der Waals surface area contributed by atoms with E-state index in [1.807, 2.05) is 230 Å². The summed E-state index contributed by atoms with van der Waals surface area (Å²) in [4.78, 5) is 70.2. The van der Waals surface area contributed by atoms with Crippen molar-refractivity contribution in [3.63, 3.8) is 0 Å². The van der Waals surface area contributed by atoms with Gasteiger partial charge in [0.25, 0.3) is 0 Å². The number of rotatable bonds is 10. The zero-order valence-electron chi connectivity index (χ0n) is 59.0. The molecule has 12 heterocycles. The second-order valence-electron chi connectivity index (χ2n) is 22.7. The molecule has 0 unspecified atom stereocenters. The number of anilines is 2. The molecule has 0 saturated heterocycles. The molecule has 0 aliphatic carbocycles. The third kappa shape index (κ3) is 13.9. The quantitative estimate of drug-likeness (QED) is 0.124. The minimum atomic E-state index is -0.213. The van der Waals surface area contributed by atoms with E-state index in [0.29, 0.717) is 12.8 Å². The molecule has 0 radical (unpaired) electrons. The fraction of sp³-hybridized carbons (Fsp3) is 0.316. The summed E-state index contributed by atoms with van der Waals surface area (Å²) in [6.07, 6.45) is 12.2. The number of carbonyl (C=O) groups is 2. The van der Waals surface area contributed by atoms with Crippen LogP contribution in [0.1, 0.15) is 171 Å². The predicted molar refractivity (Wildman–Crippen MR) is 393 cm³/mol. The van der Waals surface area contributed by atoms with Gasteiger partial charge in [-0.25, -0.2) is 4.79 Å². The van der Waals surface area contributed by atoms with Crippen LogP contribution in [-0.4, -0.2) is 66.3 Å². The lowest BCUT2D eigenvalue weighted by molar-refractivity contribution is -0.118. The van der Waals surface area contributed by atoms with Gasteiger partial charge in [0, 0.05) is 82.0 Å². The van der Waals surface area contributed by atoms with Gasteiger partial charge in [-0.15, -0.1) is 0 Å². The molecule has 0 bridgehead atoms. The van der Waals surface area contributed by atoms with Crippen LogP contribution in [0, 0.1) is 41.5 Å². The highest BCUT2D eigenvalue weighted by molar-refractivity contribution is 6.12. The van der Waals surface area contributed by atoms with Crippen LogP contribution >= 0.6 is 0 Å². The van der Waals surface area contributed by atoms with E-state index in [1.165, 1.54) is 0 Å². The van der Waals surface area contributed by atoms with Crippen LogP contribution in [0.25, 0.3) is 77.1 Å². The maximum absolute atomic E-state index is 13.1. The number of benzene rings is 3. The summed E-state index contributed by atoms with van der Waals surface area (Å²) in [7, 11) is 1.78. The molecular weight excluding hydrogens is 1230 g/mol. The van der Waals surface area contributed by atoms with Crippen LogP contribution in [0.4, 0.5) is 11.4 Å². The van der Waals surface area contributed by atoms with E-state index in [2.05, 4.69) is 64.4 Å². The number of amides is 2. The van der Waals surface area contributed by atoms with Crippen molar-refractivity contribution in [2.45, 2.75) is 163 Å². The Balaban J connectivity index is 0.000000177. The van der Waals surface area contributed by atoms with Gasteiger partial charge < -0.3 is 23.4 Å². The third-order valence-electron chi connectivity index (χ3n) is 17.2. The highest BCUT2D eigenvalue weighted by atomic mass is 16.5. The number of carbonyl (C=O) groups excluding carboxylic acids is 2. The van der Waals surface area contributed by atoms with Gasteiger partial charge in [0.1, 0.15) is 17.3 Å². The van der Waals surface area contributed by atoms with Gasteiger partial charge in [-0.1, -0.05) is 140 Å². The van der Waals surface area contributed by atoms with Gasteiger partial charge in [0.15, 0.2) is 0 Å². The summed E-state index contributed by atoms with van der Waals surface area (Å²) >= 11 is 0. The van der Waals surface area contributed by atoms with E-state index in [1.54, 1.807) is 41.0 Å². The maximum atomic E-state index is 13.1. The number of fused-ring (bicyclic) bond motifs is 9. The summed E-state index contributed by atoms with van der Waals surface area (Å²) in [6, 6.07) is 35.3. The topological polar surface area (TPSA) is 223 Å². The molecule has 10 aromatic heterocycles. The lowest BCUT2D eigenvalue weighted by atomic mass is 10.0. The SMILES string of the molecule is C.CC.CC.CC.CC.CC[C@H](c1ccccn1)N1C(=O)Cc2cnc3cc(-c4c(C)noc4C)ccc3c21.Cc1noc(C)c1-c1ccc2c(c1)ncc1c2n([C@H](C)c2ccccn2)c(=O)n1C.Cc1noc(C)c1-c1ccc2c3c(cnc2c1)CC(=O)N3[C@H](C)c1ccccn1. The molecule has 0 saturated carbocycles. The smallest absolute Gasteiger partial charge is 0.329 e. The average Bonchev–Trinajstić information content (AvgIpc) is 1.57. The molecule has 2 aliphatic heterocycles. The number of nitrogens with zero attached hydrogens (tertiary/aromatic N) is 13. The van der Waals surface area contributed by atoms with Crippen molar-refractivity contribution in [1.29, 1.82) is 0 Å². The molecule has 2 amide bonds. The predicted octanol–water partition coefficient (Wildman–Crippen LogP) is 18.4. The highest BCUT2D eigenvalue weighted by Crippen LogP contribution is 2.44. The van der Waals surface area contributed by atoms with Gasteiger partial charge in [-0.2, -0.15) is 0 Å². The average molecular weight is 1320 g/mol. The Morgan fingerprint density at radius 2 is 0.837 bits per heavy atom. The first kappa shape index (κ1) is 73.0. The molecule has 0 fully saturated rings. The maximum Gasteiger partial charge on any atom is 0.329 e. The Bertz CT molecular complexity index is 4900. The van der Waals surface area contributed by atoms with Crippen LogP contribution in [0.2, 0.25) is 0 Å². The molecule has 3 aromatic carbocycles. The Morgan fingerprint density at radius 3 is 1.23 bits per heavy atom. The number of aromatic nitrogens is 11. The number of pyridine rings is 6. The molecule has 15 rings (SSSR count). The first-order chi connectivity index (χ1) is 47.1. The zero-order valence-corrected chi connectivity index (χ0v) is 59.0. The van der Waals surface area contributed by atoms with Crippen LogP contribution in [0.15, 0.2) is 165 Å². The van der Waals surface area contributed by atoms with E-state index in [-0.39, 0.29) is 43.1 Å². The summed E-state index contributed by atoms with van der Waals surface area (Å²) in [5, 5.41) is 15.0. The normalized spacial score (nSPS) is 12.8. The van der Waals surface area contributed by atoms with Crippen LogP contribution in [0.5, 0.6) is 0 Å². The molecule has 3 atom stereocenters. The van der Waals surface area contributed by atoms with Crippen molar-refractivity contribution in [2.24, 2.45) is 7.05 Å². The lowest BCUT2D eigenvalue weighted by Gasteiger charge is -2.28. The first-order valence-corrected chi connectivity index (χ1v) is 33.6. The number of imidazole rings is 1. The molecule has 2 aliphatic rings. The summed E-state index contributed by atoms with van der Waals surface area (Å²) in [6.45, 7) is 33.6. The largest absolute Gasteiger partial charge is 0.361 e. The van der Waals surface area contributed by atoms with E-state index in [9.17, 15) is 14.4 Å². The van der Waals surface area contributed by atoms with Crippen molar-refractivity contribution < 1.29 is 23.2 Å². The Labute approximate surface area is 574 Å². The molecule has 98 heavy (non-hydrogen) atoms.